The molecule has 0 amide bonds. The molecule has 3 heteroatoms. The molecule has 0 radical (unpaired) electrons. The standard InChI is InChI=1S/C19H28O3/c1-13(2)19(20)22-18-11-7-16(8-12-18)15-5-9-17(10-6-15)21-14(3)4/h5-6,9-10,13-14,16,18H,7-8,11-12H2,1-4H3. The average molecular weight is 304 g/mol. The smallest absolute Gasteiger partial charge is 0.308 e. The highest BCUT2D eigenvalue weighted by Crippen LogP contribution is 2.35. The van der Waals surface area contributed by atoms with Crippen LogP contribution < -0.4 is 4.74 Å². The van der Waals surface area contributed by atoms with Crippen LogP contribution in [0.2, 0.25) is 0 Å². The lowest BCUT2D eigenvalue weighted by Crippen LogP contribution is -2.25. The number of hydrogen-bond donors (Lipinski definition) is 0. The van der Waals surface area contributed by atoms with Gasteiger partial charge in [-0.25, -0.2) is 0 Å². The average Bonchev–Trinajstić information content (AvgIpc) is 2.48. The minimum Gasteiger partial charge on any atom is -0.491 e. The van der Waals surface area contributed by atoms with E-state index in [1.165, 1.54) is 5.56 Å². The van der Waals surface area contributed by atoms with E-state index < -0.39 is 0 Å². The SMILES string of the molecule is CC(C)Oc1ccc(C2CCC(OC(=O)C(C)C)CC2)cc1. The summed E-state index contributed by atoms with van der Waals surface area (Å²) in [6, 6.07) is 8.45. The van der Waals surface area contributed by atoms with Crippen molar-refractivity contribution >= 4 is 5.97 Å². The lowest BCUT2D eigenvalue weighted by atomic mass is 9.82. The zero-order chi connectivity index (χ0) is 16.1. The van der Waals surface area contributed by atoms with Crippen LogP contribution in [-0.4, -0.2) is 18.2 Å². The molecule has 2 rings (SSSR count). The molecule has 122 valence electrons. The predicted octanol–water partition coefficient (Wildman–Crippen LogP) is 4.70. The Morgan fingerprint density at radius 2 is 1.59 bits per heavy atom. The van der Waals surface area contributed by atoms with Crippen molar-refractivity contribution < 1.29 is 14.3 Å². The summed E-state index contributed by atoms with van der Waals surface area (Å²) in [6.45, 7) is 7.84. The largest absolute Gasteiger partial charge is 0.491 e. The van der Waals surface area contributed by atoms with Gasteiger partial charge in [0.05, 0.1) is 12.0 Å². The van der Waals surface area contributed by atoms with Crippen molar-refractivity contribution in [2.45, 2.75) is 71.5 Å². The summed E-state index contributed by atoms with van der Waals surface area (Å²) in [7, 11) is 0. The number of benzene rings is 1. The molecule has 1 fully saturated rings. The summed E-state index contributed by atoms with van der Waals surface area (Å²) in [5.74, 6) is 1.39. The topological polar surface area (TPSA) is 35.5 Å². The monoisotopic (exact) mass is 304 g/mol. The number of carbonyl (C=O) groups excluding carboxylic acids is 1. The fraction of sp³-hybridized carbons (Fsp3) is 0.632. The van der Waals surface area contributed by atoms with Crippen LogP contribution in [0.3, 0.4) is 0 Å². The first-order valence-corrected chi connectivity index (χ1v) is 8.42. The Morgan fingerprint density at radius 3 is 2.09 bits per heavy atom. The normalized spacial score (nSPS) is 21.9. The van der Waals surface area contributed by atoms with Gasteiger partial charge in [0.15, 0.2) is 0 Å². The lowest BCUT2D eigenvalue weighted by molar-refractivity contribution is -0.154. The molecule has 0 aliphatic heterocycles. The van der Waals surface area contributed by atoms with E-state index in [-0.39, 0.29) is 24.1 Å². The lowest BCUT2D eigenvalue weighted by Gasteiger charge is -2.29. The van der Waals surface area contributed by atoms with E-state index in [1.807, 2.05) is 27.7 Å². The van der Waals surface area contributed by atoms with Crippen LogP contribution in [-0.2, 0) is 9.53 Å². The first-order chi connectivity index (χ1) is 10.5. The van der Waals surface area contributed by atoms with E-state index in [0.29, 0.717) is 5.92 Å². The van der Waals surface area contributed by atoms with Crippen LogP contribution in [0.1, 0.15) is 64.9 Å². The highest BCUT2D eigenvalue weighted by molar-refractivity contribution is 5.71. The summed E-state index contributed by atoms with van der Waals surface area (Å²) in [5, 5.41) is 0. The Bertz CT molecular complexity index is 468. The van der Waals surface area contributed by atoms with Crippen molar-refractivity contribution in [2.75, 3.05) is 0 Å². The molecule has 1 aliphatic rings. The summed E-state index contributed by atoms with van der Waals surface area (Å²) in [6.07, 6.45) is 4.41. The van der Waals surface area contributed by atoms with E-state index >= 15 is 0 Å². The quantitative estimate of drug-likeness (QED) is 0.740. The fourth-order valence-electron chi connectivity index (χ4n) is 2.91. The highest BCUT2D eigenvalue weighted by Gasteiger charge is 2.25. The van der Waals surface area contributed by atoms with Gasteiger partial charge in [-0.3, -0.25) is 4.79 Å². The molecular formula is C19H28O3. The van der Waals surface area contributed by atoms with Crippen LogP contribution >= 0.6 is 0 Å². The molecule has 1 aromatic carbocycles. The number of carbonyl (C=O) groups is 1. The summed E-state index contributed by atoms with van der Waals surface area (Å²) in [5.41, 5.74) is 1.37. The van der Waals surface area contributed by atoms with Gasteiger partial charge in [0, 0.05) is 0 Å². The Morgan fingerprint density at radius 1 is 1.00 bits per heavy atom. The maximum atomic E-state index is 11.7. The Labute approximate surface area is 134 Å². The van der Waals surface area contributed by atoms with Crippen molar-refractivity contribution in [3.8, 4) is 5.75 Å². The molecule has 1 aliphatic carbocycles. The van der Waals surface area contributed by atoms with E-state index in [0.717, 1.165) is 31.4 Å². The van der Waals surface area contributed by atoms with Gasteiger partial charge >= 0.3 is 5.97 Å². The van der Waals surface area contributed by atoms with Gasteiger partial charge in [-0.2, -0.15) is 0 Å². The Hall–Kier alpha value is -1.51. The van der Waals surface area contributed by atoms with Crippen molar-refractivity contribution in [3.05, 3.63) is 29.8 Å². The van der Waals surface area contributed by atoms with Crippen LogP contribution in [0.25, 0.3) is 0 Å². The minimum atomic E-state index is -0.0707. The summed E-state index contributed by atoms with van der Waals surface area (Å²) in [4.78, 5) is 11.7. The van der Waals surface area contributed by atoms with Crippen molar-refractivity contribution in [1.29, 1.82) is 0 Å². The molecule has 0 aromatic heterocycles. The molecule has 1 saturated carbocycles. The second-order valence-electron chi connectivity index (χ2n) is 6.80. The number of esters is 1. The maximum Gasteiger partial charge on any atom is 0.308 e. The van der Waals surface area contributed by atoms with Gasteiger partial charge in [-0.15, -0.1) is 0 Å². The third-order valence-electron chi connectivity index (χ3n) is 4.15. The predicted molar refractivity (Wildman–Crippen MR) is 88.1 cm³/mol. The molecule has 0 bridgehead atoms. The summed E-state index contributed by atoms with van der Waals surface area (Å²) < 4.78 is 11.2. The minimum absolute atomic E-state index is 0.0359. The zero-order valence-electron chi connectivity index (χ0n) is 14.2. The summed E-state index contributed by atoms with van der Waals surface area (Å²) >= 11 is 0. The van der Waals surface area contributed by atoms with E-state index in [1.54, 1.807) is 0 Å². The second-order valence-corrected chi connectivity index (χ2v) is 6.80. The Balaban J connectivity index is 1.85. The molecule has 0 atom stereocenters. The first-order valence-electron chi connectivity index (χ1n) is 8.42. The molecular weight excluding hydrogens is 276 g/mol. The number of rotatable bonds is 5. The van der Waals surface area contributed by atoms with Crippen molar-refractivity contribution in [1.82, 2.24) is 0 Å². The third kappa shape index (κ3) is 4.75. The molecule has 1 aromatic rings. The number of ether oxygens (including phenoxy) is 2. The molecule has 0 spiro atoms. The van der Waals surface area contributed by atoms with E-state index in [4.69, 9.17) is 9.47 Å². The number of hydrogen-bond acceptors (Lipinski definition) is 3. The zero-order valence-corrected chi connectivity index (χ0v) is 14.2. The van der Waals surface area contributed by atoms with Crippen molar-refractivity contribution in [2.24, 2.45) is 5.92 Å². The van der Waals surface area contributed by atoms with Crippen LogP contribution in [0.5, 0.6) is 5.75 Å². The molecule has 0 heterocycles. The molecule has 0 N–H and O–H groups in total. The van der Waals surface area contributed by atoms with Gasteiger partial charge in [-0.05, 0) is 63.1 Å². The van der Waals surface area contributed by atoms with Gasteiger partial charge in [0.2, 0.25) is 0 Å². The second kappa shape index (κ2) is 7.66. The van der Waals surface area contributed by atoms with Gasteiger partial charge in [-0.1, -0.05) is 26.0 Å². The molecule has 3 nitrogen and oxygen atoms in total. The van der Waals surface area contributed by atoms with E-state index in [2.05, 4.69) is 24.3 Å². The molecule has 0 unspecified atom stereocenters. The highest BCUT2D eigenvalue weighted by atomic mass is 16.5. The van der Waals surface area contributed by atoms with Gasteiger partial charge in [0.25, 0.3) is 0 Å². The third-order valence-corrected chi connectivity index (χ3v) is 4.15. The first kappa shape index (κ1) is 16.9. The molecule has 22 heavy (non-hydrogen) atoms. The maximum absolute atomic E-state index is 11.7. The van der Waals surface area contributed by atoms with Crippen LogP contribution in [0, 0.1) is 5.92 Å². The molecule has 0 saturated heterocycles. The van der Waals surface area contributed by atoms with Crippen LogP contribution in [0.15, 0.2) is 24.3 Å². The van der Waals surface area contributed by atoms with Gasteiger partial charge < -0.3 is 9.47 Å². The van der Waals surface area contributed by atoms with Crippen LogP contribution in [0.4, 0.5) is 0 Å². The van der Waals surface area contributed by atoms with E-state index in [9.17, 15) is 4.79 Å². The Kier molecular flexibility index (Phi) is 5.87. The van der Waals surface area contributed by atoms with Gasteiger partial charge in [0.1, 0.15) is 11.9 Å². The fourth-order valence-corrected chi connectivity index (χ4v) is 2.91. The van der Waals surface area contributed by atoms with Crippen molar-refractivity contribution in [3.63, 3.8) is 0 Å².